The van der Waals surface area contributed by atoms with Crippen LogP contribution in [0.4, 0.5) is 0 Å². The summed E-state index contributed by atoms with van der Waals surface area (Å²) in [7, 11) is 0. The van der Waals surface area contributed by atoms with Gasteiger partial charge in [-0.15, -0.1) is 0 Å². The van der Waals surface area contributed by atoms with Crippen molar-refractivity contribution in [2.75, 3.05) is 6.61 Å². The highest BCUT2D eigenvalue weighted by molar-refractivity contribution is 5.80. The number of hydrogen-bond donors (Lipinski definition) is 5. The monoisotopic (exact) mass is 738 g/mol. The predicted molar refractivity (Wildman–Crippen MR) is 224 cm³/mol. The summed E-state index contributed by atoms with van der Waals surface area (Å²) in [6.45, 7) is 4.02. The lowest BCUT2D eigenvalue weighted by Crippen LogP contribution is -2.53. The third-order valence-corrected chi connectivity index (χ3v) is 11.0. The molecule has 0 spiro atoms. The highest BCUT2D eigenvalue weighted by Gasteiger charge is 2.28. The molecule has 1 amide bonds. The minimum atomic E-state index is -1.25. The van der Waals surface area contributed by atoms with Gasteiger partial charge in [0.25, 0.3) is 0 Å². The van der Waals surface area contributed by atoms with Crippen LogP contribution in [0.5, 0.6) is 0 Å². The summed E-state index contributed by atoms with van der Waals surface area (Å²) in [6.07, 6.45) is 45.6. The van der Waals surface area contributed by atoms with E-state index in [1.807, 2.05) is 0 Å². The SMILES string of the molecule is CCCCCCCCCCCCCC/C=C\CCCCCCCCCCCCCCC(O)C(=O)NC(CO)C(O)C(O)CCCCCCCCCC. The van der Waals surface area contributed by atoms with E-state index in [1.165, 1.54) is 180 Å². The van der Waals surface area contributed by atoms with Gasteiger partial charge in [-0.25, -0.2) is 0 Å². The Morgan fingerprint density at radius 1 is 0.462 bits per heavy atom. The van der Waals surface area contributed by atoms with Crippen LogP contribution in [0.25, 0.3) is 0 Å². The Hall–Kier alpha value is -0.950. The first kappa shape index (κ1) is 51.0. The Balaban J connectivity index is 3.56. The molecule has 6 heteroatoms. The summed E-state index contributed by atoms with van der Waals surface area (Å²) in [5, 5.41) is 43.4. The van der Waals surface area contributed by atoms with Crippen molar-refractivity contribution in [2.24, 2.45) is 0 Å². The first-order valence-electron chi connectivity index (χ1n) is 23.1. The number of hydrogen-bond acceptors (Lipinski definition) is 5. The van der Waals surface area contributed by atoms with Gasteiger partial charge in [-0.1, -0.05) is 219 Å². The van der Waals surface area contributed by atoms with Crippen LogP contribution in [-0.2, 0) is 4.79 Å². The Labute approximate surface area is 323 Å². The van der Waals surface area contributed by atoms with Crippen molar-refractivity contribution >= 4 is 5.91 Å². The summed E-state index contributed by atoms with van der Waals surface area (Å²) in [5.41, 5.74) is 0. The highest BCUT2D eigenvalue weighted by Crippen LogP contribution is 2.17. The number of aliphatic hydroxyl groups excluding tert-OH is 4. The molecule has 0 aliphatic rings. The number of allylic oxidation sites excluding steroid dienone is 2. The molecule has 4 atom stereocenters. The maximum atomic E-state index is 12.5. The molecule has 0 saturated carbocycles. The molecule has 5 N–H and O–H groups in total. The lowest BCUT2D eigenvalue weighted by Gasteiger charge is -2.27. The molecule has 310 valence electrons. The Morgan fingerprint density at radius 3 is 1.12 bits per heavy atom. The molecule has 52 heavy (non-hydrogen) atoms. The number of aliphatic hydroxyl groups is 4. The van der Waals surface area contributed by atoms with Crippen LogP contribution < -0.4 is 5.32 Å². The average Bonchev–Trinajstić information content (AvgIpc) is 3.15. The van der Waals surface area contributed by atoms with Crippen LogP contribution in [-0.4, -0.2) is 57.3 Å². The minimum absolute atomic E-state index is 0.371. The number of unbranched alkanes of at least 4 members (excludes halogenated alkanes) is 31. The van der Waals surface area contributed by atoms with Crippen LogP contribution in [0, 0.1) is 0 Å². The van der Waals surface area contributed by atoms with Gasteiger partial charge in [0.2, 0.25) is 5.91 Å². The normalized spacial score (nSPS) is 14.2. The van der Waals surface area contributed by atoms with Crippen molar-refractivity contribution in [1.29, 1.82) is 0 Å². The predicted octanol–water partition coefficient (Wildman–Crippen LogP) is 12.2. The molecule has 0 aliphatic heterocycles. The fraction of sp³-hybridized carbons (Fsp3) is 0.935. The van der Waals surface area contributed by atoms with E-state index in [9.17, 15) is 25.2 Å². The molecule has 0 bridgehead atoms. The van der Waals surface area contributed by atoms with Crippen LogP contribution in [0.2, 0.25) is 0 Å². The average molecular weight is 738 g/mol. The summed E-state index contributed by atoms with van der Waals surface area (Å²) in [5.74, 6) is -0.584. The quantitative estimate of drug-likeness (QED) is 0.0316. The van der Waals surface area contributed by atoms with Crippen molar-refractivity contribution in [1.82, 2.24) is 5.32 Å². The van der Waals surface area contributed by atoms with E-state index in [1.54, 1.807) is 0 Å². The van der Waals surface area contributed by atoms with Crippen molar-refractivity contribution in [3.8, 4) is 0 Å². The van der Waals surface area contributed by atoms with Gasteiger partial charge in [-0.3, -0.25) is 4.79 Å². The number of nitrogens with one attached hydrogen (secondary N) is 1. The maximum absolute atomic E-state index is 12.5. The summed E-state index contributed by atoms with van der Waals surface area (Å²) < 4.78 is 0. The zero-order valence-corrected chi connectivity index (χ0v) is 34.8. The fourth-order valence-corrected chi connectivity index (χ4v) is 7.28. The first-order chi connectivity index (χ1) is 25.5. The largest absolute Gasteiger partial charge is 0.394 e. The number of amides is 1. The number of rotatable bonds is 42. The molecule has 0 aromatic rings. The molecule has 4 unspecified atom stereocenters. The standard InChI is InChI=1S/C46H91NO5/c1-3-5-7-9-11-13-14-15-16-17-18-19-20-21-22-23-24-25-26-27-28-29-30-31-32-34-36-38-40-44(50)46(52)47-42(41-48)45(51)43(49)39-37-35-33-12-10-8-6-4-2/h21-22,42-45,48-51H,3-20,23-41H2,1-2H3,(H,47,52)/b22-21-. The van der Waals surface area contributed by atoms with E-state index in [2.05, 4.69) is 31.3 Å². The smallest absolute Gasteiger partial charge is 0.249 e. The molecule has 0 radical (unpaired) electrons. The highest BCUT2D eigenvalue weighted by atomic mass is 16.3. The van der Waals surface area contributed by atoms with Crippen molar-refractivity contribution < 1.29 is 25.2 Å². The second kappa shape index (κ2) is 41.2. The molecular weight excluding hydrogens is 647 g/mol. The lowest BCUT2D eigenvalue weighted by atomic mass is 9.99. The Kier molecular flexibility index (Phi) is 40.5. The van der Waals surface area contributed by atoms with Crippen molar-refractivity contribution in [2.45, 2.75) is 269 Å². The third-order valence-electron chi connectivity index (χ3n) is 11.0. The van der Waals surface area contributed by atoms with Gasteiger partial charge < -0.3 is 25.7 Å². The third kappa shape index (κ3) is 34.8. The maximum Gasteiger partial charge on any atom is 0.249 e. The van der Waals surface area contributed by atoms with Gasteiger partial charge in [0.05, 0.1) is 18.8 Å². The van der Waals surface area contributed by atoms with E-state index < -0.39 is 36.9 Å². The molecule has 6 nitrogen and oxygen atoms in total. The molecule has 0 aliphatic carbocycles. The molecule has 0 fully saturated rings. The minimum Gasteiger partial charge on any atom is -0.394 e. The molecule has 0 aromatic carbocycles. The Morgan fingerprint density at radius 2 is 0.769 bits per heavy atom. The lowest BCUT2D eigenvalue weighted by molar-refractivity contribution is -0.132. The van der Waals surface area contributed by atoms with Crippen molar-refractivity contribution in [3.63, 3.8) is 0 Å². The first-order valence-corrected chi connectivity index (χ1v) is 23.1. The second-order valence-electron chi connectivity index (χ2n) is 16.1. The summed E-state index contributed by atoms with van der Waals surface area (Å²) in [4.78, 5) is 12.5. The topological polar surface area (TPSA) is 110 Å². The van der Waals surface area contributed by atoms with Gasteiger partial charge in [0, 0.05) is 0 Å². The van der Waals surface area contributed by atoms with Crippen LogP contribution >= 0.6 is 0 Å². The summed E-state index contributed by atoms with van der Waals surface area (Å²) in [6, 6.07) is -0.980. The number of carbonyl (C=O) groups excluding carboxylic acids is 1. The van der Waals surface area contributed by atoms with E-state index in [4.69, 9.17) is 0 Å². The molecule has 0 aromatic heterocycles. The van der Waals surface area contributed by atoms with Gasteiger partial charge >= 0.3 is 0 Å². The molecule has 0 heterocycles. The zero-order chi connectivity index (χ0) is 38.2. The molecule has 0 rings (SSSR count). The molecule has 0 saturated heterocycles. The van der Waals surface area contributed by atoms with Crippen LogP contribution in [0.15, 0.2) is 12.2 Å². The van der Waals surface area contributed by atoms with Crippen LogP contribution in [0.3, 0.4) is 0 Å². The van der Waals surface area contributed by atoms with E-state index in [-0.39, 0.29) is 0 Å². The van der Waals surface area contributed by atoms with Gasteiger partial charge in [0.15, 0.2) is 0 Å². The van der Waals surface area contributed by atoms with E-state index >= 15 is 0 Å². The van der Waals surface area contributed by atoms with Gasteiger partial charge in [-0.05, 0) is 38.5 Å². The van der Waals surface area contributed by atoms with E-state index in [0.717, 1.165) is 38.5 Å². The van der Waals surface area contributed by atoms with Gasteiger partial charge in [0.1, 0.15) is 12.2 Å². The van der Waals surface area contributed by atoms with Crippen molar-refractivity contribution in [3.05, 3.63) is 12.2 Å². The van der Waals surface area contributed by atoms with Gasteiger partial charge in [-0.2, -0.15) is 0 Å². The number of carbonyl (C=O) groups is 1. The molecular formula is C46H91NO5. The zero-order valence-electron chi connectivity index (χ0n) is 34.8. The van der Waals surface area contributed by atoms with Crippen LogP contribution in [0.1, 0.15) is 245 Å². The fourth-order valence-electron chi connectivity index (χ4n) is 7.28. The Bertz CT molecular complexity index is 746. The van der Waals surface area contributed by atoms with E-state index in [0.29, 0.717) is 12.8 Å². The summed E-state index contributed by atoms with van der Waals surface area (Å²) >= 11 is 0. The second-order valence-corrected chi connectivity index (χ2v) is 16.1.